The van der Waals surface area contributed by atoms with Gasteiger partial charge in [0.25, 0.3) is 0 Å². The summed E-state index contributed by atoms with van der Waals surface area (Å²) >= 11 is 0. The minimum Gasteiger partial charge on any atom is -0.462 e. The molecule has 428 valence electrons. The Hall–Kier alpha value is -3.93. The number of esters is 3. The van der Waals surface area contributed by atoms with Crippen molar-refractivity contribution in [3.05, 3.63) is 109 Å². The van der Waals surface area contributed by atoms with E-state index in [1.807, 2.05) is 6.08 Å². The zero-order chi connectivity index (χ0) is 54.3. The van der Waals surface area contributed by atoms with Crippen molar-refractivity contribution >= 4 is 17.9 Å². The van der Waals surface area contributed by atoms with Crippen LogP contribution in [0.1, 0.15) is 290 Å². The molecule has 0 aromatic rings. The van der Waals surface area contributed by atoms with Gasteiger partial charge in [0, 0.05) is 12.8 Å². The minimum absolute atomic E-state index is 0.111. The van der Waals surface area contributed by atoms with E-state index in [0.717, 1.165) is 103 Å². The molecule has 0 fully saturated rings. The van der Waals surface area contributed by atoms with Crippen molar-refractivity contribution in [2.24, 2.45) is 0 Å². The SMILES string of the molecule is CC/C=C\C/C=C\C/C=C\C/C=C\C/C=C\CC(=O)OCC(COC(=O)CCCCCCCCCC/C=C\C/C=C\C/C=C\C/C=C\CC)OC(=O)CCCCCCCCCCCCCCCCCCCCCCC. The van der Waals surface area contributed by atoms with Gasteiger partial charge in [-0.2, -0.15) is 0 Å². The van der Waals surface area contributed by atoms with Gasteiger partial charge in [0.05, 0.1) is 6.42 Å². The highest BCUT2D eigenvalue weighted by atomic mass is 16.6. The molecule has 0 N–H and O–H groups in total. The maximum atomic E-state index is 12.9. The number of allylic oxidation sites excluding steroid dienone is 17. The first-order chi connectivity index (χ1) is 37.0. The molecule has 6 heteroatoms. The second kappa shape index (κ2) is 62.6. The van der Waals surface area contributed by atoms with Crippen molar-refractivity contribution in [2.45, 2.75) is 297 Å². The number of hydrogen-bond donors (Lipinski definition) is 0. The van der Waals surface area contributed by atoms with Gasteiger partial charge in [-0.25, -0.2) is 0 Å². The summed E-state index contributed by atoms with van der Waals surface area (Å²) in [5, 5.41) is 0. The molecule has 0 spiro atoms. The number of carbonyl (C=O) groups is 3. The molecule has 0 heterocycles. The second-order valence-electron chi connectivity index (χ2n) is 20.6. The molecular weight excluding hydrogens is 925 g/mol. The Morgan fingerprint density at radius 3 is 0.933 bits per heavy atom. The van der Waals surface area contributed by atoms with Gasteiger partial charge in [-0.05, 0) is 83.5 Å². The molecule has 1 atom stereocenters. The smallest absolute Gasteiger partial charge is 0.309 e. The summed E-state index contributed by atoms with van der Waals surface area (Å²) in [6.07, 6.45) is 85.5. The van der Waals surface area contributed by atoms with Crippen LogP contribution in [-0.4, -0.2) is 37.2 Å². The maximum absolute atomic E-state index is 12.9. The molecular formula is C69H116O6. The van der Waals surface area contributed by atoms with Crippen LogP contribution in [0.4, 0.5) is 0 Å². The number of ether oxygens (including phenoxy) is 3. The Kier molecular flexibility index (Phi) is 59.3. The predicted molar refractivity (Wildman–Crippen MR) is 325 cm³/mol. The van der Waals surface area contributed by atoms with Crippen LogP contribution >= 0.6 is 0 Å². The molecule has 0 amide bonds. The third-order valence-corrected chi connectivity index (χ3v) is 13.3. The highest BCUT2D eigenvalue weighted by Gasteiger charge is 2.19. The van der Waals surface area contributed by atoms with Gasteiger partial charge in [0.2, 0.25) is 0 Å². The van der Waals surface area contributed by atoms with Crippen molar-refractivity contribution in [3.63, 3.8) is 0 Å². The average molecular weight is 1040 g/mol. The molecule has 0 aromatic carbocycles. The standard InChI is InChI=1S/C69H116O6/c1-4-7-10-13-16-19-22-25-28-30-32-34-36-38-41-44-47-50-53-56-59-62-68(71)74-65-66(64-73-67(70)61-58-55-52-49-46-43-40-27-24-21-18-15-12-9-6-3)75-69(72)63-60-57-54-51-48-45-42-39-37-35-33-31-29-26-23-20-17-14-11-8-5-2/h7,9-10,12,16,18-19,21,25,27-28,32,34,40,46,49,55,58,66H,4-6,8,11,13-15,17,20,22-24,26,29-31,33,35-39,41-45,47-48,50-54,56-57,59-65H2,1-3H3/b10-7-,12-9-,19-16-,21-18-,28-25-,34-32-,40-27-,49-46-,58-55-. The molecule has 0 bridgehead atoms. The van der Waals surface area contributed by atoms with Crippen LogP contribution in [0.5, 0.6) is 0 Å². The Morgan fingerprint density at radius 1 is 0.293 bits per heavy atom. The lowest BCUT2D eigenvalue weighted by molar-refractivity contribution is -0.166. The maximum Gasteiger partial charge on any atom is 0.309 e. The Labute approximate surface area is 463 Å². The molecule has 0 saturated carbocycles. The average Bonchev–Trinajstić information content (AvgIpc) is 3.41. The fourth-order valence-corrected chi connectivity index (χ4v) is 8.69. The molecule has 0 aliphatic carbocycles. The molecule has 0 aliphatic heterocycles. The van der Waals surface area contributed by atoms with Crippen molar-refractivity contribution in [1.29, 1.82) is 0 Å². The summed E-state index contributed by atoms with van der Waals surface area (Å²) in [5.74, 6) is -1.04. The third kappa shape index (κ3) is 60.8. The van der Waals surface area contributed by atoms with E-state index in [9.17, 15) is 14.4 Å². The van der Waals surface area contributed by atoms with E-state index in [2.05, 4.69) is 118 Å². The van der Waals surface area contributed by atoms with Crippen molar-refractivity contribution < 1.29 is 28.6 Å². The highest BCUT2D eigenvalue weighted by Crippen LogP contribution is 2.17. The quantitative estimate of drug-likeness (QED) is 0.0261. The van der Waals surface area contributed by atoms with Crippen LogP contribution in [0.3, 0.4) is 0 Å². The van der Waals surface area contributed by atoms with Crippen LogP contribution in [-0.2, 0) is 28.6 Å². The van der Waals surface area contributed by atoms with E-state index in [4.69, 9.17) is 14.2 Å². The third-order valence-electron chi connectivity index (χ3n) is 13.3. The van der Waals surface area contributed by atoms with Crippen LogP contribution in [0, 0.1) is 0 Å². The minimum atomic E-state index is -0.823. The summed E-state index contributed by atoms with van der Waals surface area (Å²) in [6.45, 7) is 6.35. The fraction of sp³-hybridized carbons (Fsp3) is 0.696. The Balaban J connectivity index is 4.44. The lowest BCUT2D eigenvalue weighted by Crippen LogP contribution is -2.30. The summed E-state index contributed by atoms with van der Waals surface area (Å²) < 4.78 is 16.8. The normalized spacial score (nSPS) is 12.8. The lowest BCUT2D eigenvalue weighted by atomic mass is 10.0. The van der Waals surface area contributed by atoms with Gasteiger partial charge in [-0.15, -0.1) is 0 Å². The van der Waals surface area contributed by atoms with E-state index < -0.39 is 12.1 Å². The van der Waals surface area contributed by atoms with Gasteiger partial charge >= 0.3 is 17.9 Å². The molecule has 0 radical (unpaired) electrons. The molecule has 0 rings (SSSR count). The molecule has 75 heavy (non-hydrogen) atoms. The van der Waals surface area contributed by atoms with E-state index in [0.29, 0.717) is 12.8 Å². The fourth-order valence-electron chi connectivity index (χ4n) is 8.69. The van der Waals surface area contributed by atoms with Crippen molar-refractivity contribution in [3.8, 4) is 0 Å². The second-order valence-corrected chi connectivity index (χ2v) is 20.6. The van der Waals surface area contributed by atoms with Crippen molar-refractivity contribution in [2.75, 3.05) is 13.2 Å². The summed E-state index contributed by atoms with van der Waals surface area (Å²) in [4.78, 5) is 38.2. The molecule has 6 nitrogen and oxygen atoms in total. The number of rotatable bonds is 56. The molecule has 1 unspecified atom stereocenters. The monoisotopic (exact) mass is 1040 g/mol. The van der Waals surface area contributed by atoms with Crippen LogP contribution in [0.25, 0.3) is 0 Å². The van der Waals surface area contributed by atoms with E-state index in [1.54, 1.807) is 6.08 Å². The summed E-state index contributed by atoms with van der Waals surface area (Å²) in [7, 11) is 0. The van der Waals surface area contributed by atoms with Gasteiger partial charge in [0.15, 0.2) is 6.10 Å². The predicted octanol–water partition coefficient (Wildman–Crippen LogP) is 21.4. The Bertz CT molecular complexity index is 1520. The first-order valence-electron chi connectivity index (χ1n) is 31.4. The zero-order valence-corrected chi connectivity index (χ0v) is 49.0. The zero-order valence-electron chi connectivity index (χ0n) is 49.0. The van der Waals surface area contributed by atoms with Gasteiger partial charge in [-0.3, -0.25) is 14.4 Å². The van der Waals surface area contributed by atoms with Crippen LogP contribution < -0.4 is 0 Å². The highest BCUT2D eigenvalue weighted by molar-refractivity contribution is 5.72. The van der Waals surface area contributed by atoms with Crippen LogP contribution in [0.2, 0.25) is 0 Å². The van der Waals surface area contributed by atoms with Crippen LogP contribution in [0.15, 0.2) is 109 Å². The molecule has 0 saturated heterocycles. The van der Waals surface area contributed by atoms with Gasteiger partial charge < -0.3 is 14.2 Å². The first-order valence-corrected chi connectivity index (χ1v) is 31.4. The Morgan fingerprint density at radius 2 is 0.573 bits per heavy atom. The van der Waals surface area contributed by atoms with Crippen molar-refractivity contribution in [1.82, 2.24) is 0 Å². The van der Waals surface area contributed by atoms with E-state index in [-0.39, 0.29) is 31.6 Å². The van der Waals surface area contributed by atoms with Gasteiger partial charge in [-0.1, -0.05) is 297 Å². The molecule has 0 aromatic heterocycles. The lowest BCUT2D eigenvalue weighted by Gasteiger charge is -2.18. The number of hydrogen-bond acceptors (Lipinski definition) is 6. The largest absolute Gasteiger partial charge is 0.462 e. The van der Waals surface area contributed by atoms with E-state index in [1.165, 1.54) is 148 Å². The number of carbonyl (C=O) groups excluding carboxylic acids is 3. The van der Waals surface area contributed by atoms with Gasteiger partial charge in [0.1, 0.15) is 13.2 Å². The molecule has 0 aliphatic rings. The number of unbranched alkanes of at least 4 members (excludes halogenated alkanes) is 28. The first kappa shape index (κ1) is 71.1. The summed E-state index contributed by atoms with van der Waals surface area (Å²) in [5.41, 5.74) is 0. The van der Waals surface area contributed by atoms with E-state index >= 15 is 0 Å². The topological polar surface area (TPSA) is 78.9 Å². The summed E-state index contributed by atoms with van der Waals surface area (Å²) in [6, 6.07) is 0.